The van der Waals surface area contributed by atoms with Gasteiger partial charge >= 0.3 is 0 Å². The second-order valence-electron chi connectivity index (χ2n) is 11.1. The van der Waals surface area contributed by atoms with Crippen molar-refractivity contribution in [3.05, 3.63) is 54.2 Å². The lowest BCUT2D eigenvalue weighted by Crippen LogP contribution is -2.30. The predicted octanol–water partition coefficient (Wildman–Crippen LogP) is 6.99. The molecular formula is C29H38N4. The topological polar surface area (TPSA) is 36.9 Å². The highest BCUT2D eigenvalue weighted by Crippen LogP contribution is 2.31. The van der Waals surface area contributed by atoms with Gasteiger partial charge in [-0.2, -0.15) is 0 Å². The van der Waals surface area contributed by atoms with E-state index in [0.717, 1.165) is 29.3 Å². The third-order valence-electron chi connectivity index (χ3n) is 7.52. The molecule has 1 fully saturated rings. The average molecular weight is 443 g/mol. The number of fused-ring (bicyclic) bond motifs is 2. The number of imidazole rings is 1. The molecule has 33 heavy (non-hydrogen) atoms. The third kappa shape index (κ3) is 4.72. The molecule has 0 atom stereocenters. The molecule has 1 N–H and O–H groups in total. The van der Waals surface area contributed by atoms with Gasteiger partial charge in [-0.25, -0.2) is 4.98 Å². The minimum absolute atomic E-state index is 0.129. The molecule has 0 radical (unpaired) electrons. The normalized spacial score (nSPS) is 16.2. The van der Waals surface area contributed by atoms with Crippen molar-refractivity contribution in [1.82, 2.24) is 19.4 Å². The van der Waals surface area contributed by atoms with E-state index in [2.05, 4.69) is 90.9 Å². The summed E-state index contributed by atoms with van der Waals surface area (Å²) in [5.41, 5.74) is 6.10. The number of nitrogens with one attached hydrogen (secondary N) is 1. The van der Waals surface area contributed by atoms with E-state index in [4.69, 9.17) is 4.98 Å². The average Bonchev–Trinajstić information content (AvgIpc) is 3.41. The van der Waals surface area contributed by atoms with E-state index in [1.807, 2.05) is 0 Å². The standard InChI is InChI=1S/C29H38N4/c1-29(2,3)22-11-12-25-26(20-22)31-28(30-25)24-9-7-10-27-23(24)15-19-33(27)16-6-5-8-21-13-17-32(4)18-14-21/h7,9-12,15,19-21H,5-6,8,13-14,16-18H2,1-4H3,(H,30,31). The summed E-state index contributed by atoms with van der Waals surface area (Å²) < 4.78 is 2.42. The molecule has 3 heterocycles. The van der Waals surface area contributed by atoms with Crippen molar-refractivity contribution < 1.29 is 0 Å². The smallest absolute Gasteiger partial charge is 0.139 e. The minimum atomic E-state index is 0.129. The summed E-state index contributed by atoms with van der Waals surface area (Å²) >= 11 is 0. The lowest BCUT2D eigenvalue weighted by atomic mass is 9.87. The van der Waals surface area contributed by atoms with E-state index in [-0.39, 0.29) is 5.41 Å². The molecule has 2 aromatic carbocycles. The van der Waals surface area contributed by atoms with E-state index >= 15 is 0 Å². The molecule has 0 bridgehead atoms. The first-order valence-electron chi connectivity index (χ1n) is 12.7. The Hall–Kier alpha value is -2.59. The van der Waals surface area contributed by atoms with E-state index in [0.29, 0.717) is 0 Å². The lowest BCUT2D eigenvalue weighted by molar-refractivity contribution is 0.209. The fourth-order valence-corrected chi connectivity index (χ4v) is 5.29. The number of rotatable bonds is 6. The van der Waals surface area contributed by atoms with Crippen LogP contribution in [0.5, 0.6) is 0 Å². The maximum atomic E-state index is 4.93. The van der Waals surface area contributed by atoms with E-state index in [9.17, 15) is 0 Å². The van der Waals surface area contributed by atoms with Crippen molar-refractivity contribution in [3.63, 3.8) is 0 Å². The van der Waals surface area contributed by atoms with Crippen molar-refractivity contribution in [2.45, 2.75) is 64.8 Å². The quantitative estimate of drug-likeness (QED) is 0.327. The third-order valence-corrected chi connectivity index (χ3v) is 7.52. The first-order chi connectivity index (χ1) is 15.9. The van der Waals surface area contributed by atoms with Crippen molar-refractivity contribution in [1.29, 1.82) is 0 Å². The van der Waals surface area contributed by atoms with Crippen LogP contribution in [-0.4, -0.2) is 39.6 Å². The molecule has 0 aliphatic carbocycles. The SMILES string of the molecule is CN1CCC(CCCCn2ccc3c(-c4nc5ccc(C(C)(C)C)cc5[nH]4)cccc32)CC1. The summed E-state index contributed by atoms with van der Waals surface area (Å²) in [6.45, 7) is 10.4. The van der Waals surface area contributed by atoms with Crippen LogP contribution in [0, 0.1) is 5.92 Å². The Morgan fingerprint density at radius 3 is 2.64 bits per heavy atom. The number of benzene rings is 2. The van der Waals surface area contributed by atoms with Gasteiger partial charge in [0.1, 0.15) is 5.82 Å². The molecular weight excluding hydrogens is 404 g/mol. The zero-order chi connectivity index (χ0) is 23.0. The predicted molar refractivity (Wildman–Crippen MR) is 140 cm³/mol. The van der Waals surface area contributed by atoms with E-state index in [1.54, 1.807) is 0 Å². The summed E-state index contributed by atoms with van der Waals surface area (Å²) in [4.78, 5) is 11.0. The molecule has 1 aliphatic heterocycles. The largest absolute Gasteiger partial charge is 0.347 e. The fourth-order valence-electron chi connectivity index (χ4n) is 5.29. The van der Waals surface area contributed by atoms with E-state index in [1.165, 1.54) is 67.2 Å². The Kier molecular flexibility index (Phi) is 6.05. The number of aryl methyl sites for hydroxylation is 1. The first kappa shape index (κ1) is 22.2. The highest BCUT2D eigenvalue weighted by molar-refractivity contribution is 5.95. The summed E-state index contributed by atoms with van der Waals surface area (Å²) in [5, 5.41) is 1.28. The first-order valence-corrected chi connectivity index (χ1v) is 12.7. The van der Waals surface area contributed by atoms with Gasteiger partial charge in [0.05, 0.1) is 11.0 Å². The Morgan fingerprint density at radius 2 is 1.85 bits per heavy atom. The number of H-pyrrole nitrogens is 1. The molecule has 0 spiro atoms. The molecule has 5 rings (SSSR count). The van der Waals surface area contributed by atoms with Crippen molar-refractivity contribution in [2.75, 3.05) is 20.1 Å². The van der Waals surface area contributed by atoms with Crippen molar-refractivity contribution >= 4 is 21.9 Å². The van der Waals surface area contributed by atoms with Gasteiger partial charge in [-0.1, -0.05) is 51.8 Å². The molecule has 0 amide bonds. The van der Waals surface area contributed by atoms with Crippen LogP contribution in [0.4, 0.5) is 0 Å². The number of likely N-dealkylation sites (tertiary alicyclic amines) is 1. The van der Waals surface area contributed by atoms with Gasteiger partial charge in [0.15, 0.2) is 0 Å². The van der Waals surface area contributed by atoms with Gasteiger partial charge in [0.2, 0.25) is 0 Å². The molecule has 0 unspecified atom stereocenters. The van der Waals surface area contributed by atoms with Crippen LogP contribution < -0.4 is 0 Å². The lowest BCUT2D eigenvalue weighted by Gasteiger charge is -2.28. The minimum Gasteiger partial charge on any atom is -0.347 e. The summed E-state index contributed by atoms with van der Waals surface area (Å²) in [6, 6.07) is 15.5. The molecule has 1 saturated heterocycles. The maximum absolute atomic E-state index is 4.93. The van der Waals surface area contributed by atoms with Crippen LogP contribution in [0.25, 0.3) is 33.3 Å². The van der Waals surface area contributed by atoms with E-state index < -0.39 is 0 Å². The highest BCUT2D eigenvalue weighted by atomic mass is 15.1. The van der Waals surface area contributed by atoms with Crippen LogP contribution in [0.2, 0.25) is 0 Å². The monoisotopic (exact) mass is 442 g/mol. The van der Waals surface area contributed by atoms with Gasteiger partial charge < -0.3 is 14.5 Å². The number of aromatic amines is 1. The second kappa shape index (κ2) is 8.98. The number of piperidine rings is 1. The van der Waals surface area contributed by atoms with Gasteiger partial charge in [-0.15, -0.1) is 0 Å². The maximum Gasteiger partial charge on any atom is 0.139 e. The van der Waals surface area contributed by atoms with Crippen LogP contribution in [0.15, 0.2) is 48.7 Å². The summed E-state index contributed by atoms with van der Waals surface area (Å²) in [7, 11) is 2.25. The highest BCUT2D eigenvalue weighted by Gasteiger charge is 2.17. The Balaban J connectivity index is 1.31. The second-order valence-corrected chi connectivity index (χ2v) is 11.1. The number of hydrogen-bond acceptors (Lipinski definition) is 2. The van der Waals surface area contributed by atoms with Gasteiger partial charge in [0, 0.05) is 29.2 Å². The van der Waals surface area contributed by atoms with Gasteiger partial charge in [-0.3, -0.25) is 0 Å². The zero-order valence-corrected chi connectivity index (χ0v) is 20.7. The van der Waals surface area contributed by atoms with Crippen molar-refractivity contribution in [3.8, 4) is 11.4 Å². The Bertz CT molecular complexity index is 1230. The Morgan fingerprint density at radius 1 is 1.03 bits per heavy atom. The van der Waals surface area contributed by atoms with Crippen LogP contribution in [0.3, 0.4) is 0 Å². The van der Waals surface area contributed by atoms with Crippen LogP contribution in [-0.2, 0) is 12.0 Å². The molecule has 4 aromatic rings. The van der Waals surface area contributed by atoms with Crippen molar-refractivity contribution in [2.24, 2.45) is 5.92 Å². The number of unbranched alkanes of at least 4 members (excludes halogenated alkanes) is 1. The molecule has 2 aromatic heterocycles. The number of hydrogen-bond donors (Lipinski definition) is 1. The summed E-state index contributed by atoms with van der Waals surface area (Å²) in [5.74, 6) is 1.89. The molecule has 4 nitrogen and oxygen atoms in total. The molecule has 174 valence electrons. The zero-order valence-electron chi connectivity index (χ0n) is 20.7. The summed E-state index contributed by atoms with van der Waals surface area (Å²) in [6.07, 6.45) is 8.97. The molecule has 0 saturated carbocycles. The number of nitrogens with zero attached hydrogens (tertiary/aromatic N) is 3. The molecule has 4 heteroatoms. The van der Waals surface area contributed by atoms with Gasteiger partial charge in [0.25, 0.3) is 0 Å². The van der Waals surface area contributed by atoms with Crippen LogP contribution in [0.1, 0.15) is 58.4 Å². The Labute approximate surface area is 198 Å². The number of aromatic nitrogens is 3. The molecule has 1 aliphatic rings. The fraction of sp³-hybridized carbons (Fsp3) is 0.483. The van der Waals surface area contributed by atoms with Crippen LogP contribution >= 0.6 is 0 Å². The van der Waals surface area contributed by atoms with Gasteiger partial charge in [-0.05, 0) is 80.6 Å².